The molecule has 1 aliphatic rings. The summed E-state index contributed by atoms with van der Waals surface area (Å²) in [7, 11) is 0. The van der Waals surface area contributed by atoms with E-state index in [1.54, 1.807) is 0 Å². The molecule has 8 heteroatoms. The van der Waals surface area contributed by atoms with Crippen molar-refractivity contribution < 1.29 is 29.0 Å². The van der Waals surface area contributed by atoms with E-state index in [0.29, 0.717) is 5.01 Å². The van der Waals surface area contributed by atoms with E-state index < -0.39 is 24.2 Å². The summed E-state index contributed by atoms with van der Waals surface area (Å²) in [5.74, 6) is -1.45. The number of aliphatic carboxylic acids is 1. The normalized spacial score (nSPS) is 13.0. The zero-order chi connectivity index (χ0) is 21.7. The molecule has 3 rings (SSSR count). The number of nitrogens with zero attached hydrogens (tertiary/aromatic N) is 1. The zero-order valence-corrected chi connectivity index (χ0v) is 16.4. The summed E-state index contributed by atoms with van der Waals surface area (Å²) in [4.78, 5) is 35.9. The molecular weight excluding hydrogens is 388 g/mol. The highest BCUT2D eigenvalue weighted by molar-refractivity contribution is 5.88. The predicted octanol–water partition coefficient (Wildman–Crippen LogP) is 3.54. The first-order valence-electron chi connectivity index (χ1n) is 9.35. The molecular formula is C22H22N2O6. The van der Waals surface area contributed by atoms with E-state index in [0.717, 1.165) is 22.3 Å². The Bertz CT molecular complexity index is 928. The Labute approximate surface area is 173 Å². The van der Waals surface area contributed by atoms with E-state index in [1.165, 1.54) is 13.0 Å². The van der Waals surface area contributed by atoms with Gasteiger partial charge in [0, 0.05) is 5.92 Å². The Balaban J connectivity index is 1.77. The first-order valence-corrected chi connectivity index (χ1v) is 9.35. The first kappa shape index (κ1) is 21.1. The van der Waals surface area contributed by atoms with Crippen LogP contribution in [0.5, 0.6) is 0 Å². The molecule has 0 spiro atoms. The third-order valence-corrected chi connectivity index (χ3v) is 4.72. The summed E-state index contributed by atoms with van der Waals surface area (Å²) < 4.78 is 10.2. The number of nitrogens with one attached hydrogen (secondary N) is 1. The summed E-state index contributed by atoms with van der Waals surface area (Å²) in [5, 5.41) is 9.51. The molecule has 156 valence electrons. The van der Waals surface area contributed by atoms with E-state index in [9.17, 15) is 14.4 Å². The van der Waals surface area contributed by atoms with Crippen LogP contribution in [0, 0.1) is 0 Å². The zero-order valence-electron chi connectivity index (χ0n) is 16.4. The number of carbonyl (C=O) groups is 3. The number of fused-ring (bicyclic) bond motifs is 3. The molecule has 1 aliphatic carbocycles. The highest BCUT2D eigenvalue weighted by Gasteiger charge is 2.32. The molecule has 2 aromatic rings. The van der Waals surface area contributed by atoms with Gasteiger partial charge in [0.05, 0.1) is 0 Å². The molecule has 0 fully saturated rings. The lowest BCUT2D eigenvalue weighted by Gasteiger charge is -2.23. The van der Waals surface area contributed by atoms with Crippen LogP contribution < -0.4 is 5.43 Å². The van der Waals surface area contributed by atoms with E-state index in [4.69, 9.17) is 14.6 Å². The number of imide groups is 1. The minimum absolute atomic E-state index is 0.0266. The van der Waals surface area contributed by atoms with Crippen molar-refractivity contribution in [3.8, 4) is 11.1 Å². The van der Waals surface area contributed by atoms with Crippen molar-refractivity contribution in [1.29, 1.82) is 0 Å². The lowest BCUT2D eigenvalue weighted by atomic mass is 9.98. The highest BCUT2D eigenvalue weighted by atomic mass is 16.6. The Morgan fingerprint density at radius 3 is 2.13 bits per heavy atom. The summed E-state index contributed by atoms with van der Waals surface area (Å²) in [6.07, 6.45) is -0.812. The van der Waals surface area contributed by atoms with Crippen molar-refractivity contribution in [3.05, 3.63) is 72.3 Å². The van der Waals surface area contributed by atoms with E-state index in [2.05, 4.69) is 12.0 Å². The molecule has 0 aliphatic heterocycles. The van der Waals surface area contributed by atoms with Crippen molar-refractivity contribution in [2.24, 2.45) is 0 Å². The number of ether oxygens (including phenoxy) is 2. The van der Waals surface area contributed by atoms with Gasteiger partial charge in [-0.1, -0.05) is 61.2 Å². The van der Waals surface area contributed by atoms with Gasteiger partial charge in [0.2, 0.25) is 0 Å². The molecule has 2 N–H and O–H groups in total. The van der Waals surface area contributed by atoms with Gasteiger partial charge in [-0.2, -0.15) is 0 Å². The maximum atomic E-state index is 12.6. The van der Waals surface area contributed by atoms with Crippen LogP contribution in [0.2, 0.25) is 0 Å². The largest absolute Gasteiger partial charge is 0.480 e. The summed E-state index contributed by atoms with van der Waals surface area (Å²) >= 11 is 0. The van der Waals surface area contributed by atoms with Crippen molar-refractivity contribution in [2.45, 2.75) is 18.9 Å². The summed E-state index contributed by atoms with van der Waals surface area (Å²) in [5.41, 5.74) is 6.44. The number of hydrazine groups is 1. The van der Waals surface area contributed by atoms with Gasteiger partial charge in [0.1, 0.15) is 19.3 Å². The second-order valence-electron chi connectivity index (χ2n) is 6.69. The van der Waals surface area contributed by atoms with Gasteiger partial charge in [-0.25, -0.2) is 15.0 Å². The molecule has 0 saturated heterocycles. The molecule has 0 radical (unpaired) electrons. The molecule has 0 heterocycles. The number of hydrogen-bond acceptors (Lipinski definition) is 6. The number of carboxylic acid groups (broad SMARTS) is 1. The maximum absolute atomic E-state index is 12.6. The van der Waals surface area contributed by atoms with Gasteiger partial charge in [0.25, 0.3) is 0 Å². The number of amides is 2. The summed E-state index contributed by atoms with van der Waals surface area (Å²) in [6.45, 7) is 4.55. The van der Waals surface area contributed by atoms with Gasteiger partial charge in [-0.05, 0) is 29.2 Å². The lowest BCUT2D eigenvalue weighted by Crippen LogP contribution is -2.53. The highest BCUT2D eigenvalue weighted by Crippen LogP contribution is 2.44. The third kappa shape index (κ3) is 4.33. The second-order valence-corrected chi connectivity index (χ2v) is 6.69. The number of benzene rings is 2. The van der Waals surface area contributed by atoms with Crippen LogP contribution in [0.3, 0.4) is 0 Å². The van der Waals surface area contributed by atoms with Crippen molar-refractivity contribution >= 4 is 18.2 Å². The fourth-order valence-corrected chi connectivity index (χ4v) is 3.28. The second kappa shape index (κ2) is 9.23. The van der Waals surface area contributed by atoms with Crippen LogP contribution in [-0.4, -0.2) is 47.5 Å². The predicted molar refractivity (Wildman–Crippen MR) is 109 cm³/mol. The van der Waals surface area contributed by atoms with Crippen molar-refractivity contribution in [3.63, 3.8) is 0 Å². The average Bonchev–Trinajstić information content (AvgIpc) is 3.07. The van der Waals surface area contributed by atoms with Crippen LogP contribution in [0.4, 0.5) is 9.59 Å². The fraction of sp³-hybridized carbons (Fsp3) is 0.227. The van der Waals surface area contributed by atoms with E-state index in [-0.39, 0.29) is 19.1 Å². The van der Waals surface area contributed by atoms with E-state index >= 15 is 0 Å². The summed E-state index contributed by atoms with van der Waals surface area (Å²) in [6, 6.07) is 14.4. The van der Waals surface area contributed by atoms with E-state index in [1.807, 2.05) is 48.5 Å². The fourth-order valence-electron chi connectivity index (χ4n) is 3.28. The van der Waals surface area contributed by atoms with Gasteiger partial charge in [-0.15, -0.1) is 5.01 Å². The molecule has 0 saturated carbocycles. The quantitative estimate of drug-likeness (QED) is 0.531. The number of hydrogen-bond donors (Lipinski definition) is 2. The lowest BCUT2D eigenvalue weighted by molar-refractivity contribution is -0.140. The van der Waals surface area contributed by atoms with Gasteiger partial charge >= 0.3 is 18.2 Å². The minimum Gasteiger partial charge on any atom is -0.480 e. The van der Waals surface area contributed by atoms with Crippen LogP contribution in [0.1, 0.15) is 24.0 Å². The Morgan fingerprint density at radius 1 is 1.07 bits per heavy atom. The molecule has 2 aromatic carbocycles. The van der Waals surface area contributed by atoms with Gasteiger partial charge in [-0.3, -0.25) is 4.79 Å². The van der Waals surface area contributed by atoms with Gasteiger partial charge in [0.15, 0.2) is 0 Å². The van der Waals surface area contributed by atoms with Crippen LogP contribution >= 0.6 is 0 Å². The van der Waals surface area contributed by atoms with Crippen LogP contribution in [0.15, 0.2) is 61.2 Å². The molecule has 0 bridgehead atoms. The molecule has 2 amide bonds. The standard InChI is InChI=1S/C22H22N2O6/c1-3-12-29-21(27)24(23-14(2)20(25)26)22(28)30-13-19-17-10-6-4-8-15(17)16-9-5-7-11-18(16)19/h3-11,14,19,23H,1,12-13H2,2H3,(H,25,26)/t14-/m0/s1. The number of rotatable bonds is 7. The molecule has 1 atom stereocenters. The maximum Gasteiger partial charge on any atom is 0.434 e. The van der Waals surface area contributed by atoms with Crippen LogP contribution in [-0.2, 0) is 14.3 Å². The molecule has 30 heavy (non-hydrogen) atoms. The van der Waals surface area contributed by atoms with Crippen molar-refractivity contribution in [2.75, 3.05) is 13.2 Å². The first-order chi connectivity index (χ1) is 14.4. The van der Waals surface area contributed by atoms with Crippen molar-refractivity contribution in [1.82, 2.24) is 10.4 Å². The smallest absolute Gasteiger partial charge is 0.434 e. The molecule has 0 unspecified atom stereocenters. The molecule has 0 aromatic heterocycles. The Morgan fingerprint density at radius 2 is 1.60 bits per heavy atom. The third-order valence-electron chi connectivity index (χ3n) is 4.72. The number of carbonyl (C=O) groups excluding carboxylic acids is 2. The number of carboxylic acids is 1. The molecule has 8 nitrogen and oxygen atoms in total. The SMILES string of the molecule is C=CCOC(=O)N(N[C@@H](C)C(=O)O)C(=O)OCC1c2ccccc2-c2ccccc21. The van der Waals surface area contributed by atoms with Crippen LogP contribution in [0.25, 0.3) is 11.1 Å². The monoisotopic (exact) mass is 410 g/mol. The Hall–Kier alpha value is -3.65. The topological polar surface area (TPSA) is 105 Å². The average molecular weight is 410 g/mol. The minimum atomic E-state index is -1.25. The Kier molecular flexibility index (Phi) is 6.48. The van der Waals surface area contributed by atoms with Gasteiger partial charge < -0.3 is 14.6 Å².